The van der Waals surface area contributed by atoms with Crippen LogP contribution in [0.15, 0.2) is 117 Å². The molecule has 10 atom stereocenters. The minimum atomic E-state index is -0.968. The average Bonchev–Trinajstić information content (AvgIpc) is 1.63. The fourth-order valence-corrected chi connectivity index (χ4v) is 30.6. The number of halogens is 3. The van der Waals surface area contributed by atoms with E-state index < -0.39 is 33.2 Å². The molecule has 8 unspecified atom stereocenters. The van der Waals surface area contributed by atoms with Crippen molar-refractivity contribution in [3.8, 4) is 35.1 Å². The Hall–Kier alpha value is -1.18. The van der Waals surface area contributed by atoms with Crippen molar-refractivity contribution >= 4 is 185 Å². The van der Waals surface area contributed by atoms with E-state index in [1.807, 2.05) is 84.8 Å². The van der Waals surface area contributed by atoms with Crippen LogP contribution in [0.25, 0.3) is 16.7 Å². The molecule has 5 fully saturated rings. The molecule has 0 aliphatic carbocycles. The predicted octanol–water partition coefficient (Wildman–Crippen LogP) is 15.8. The molecule has 27 nitrogen and oxygen atoms in total. The first kappa shape index (κ1) is 112. The number of benzene rings is 4. The molecule has 4 radical (unpaired) electrons. The number of nitrogens with one attached hydrogen (secondary N) is 1. The number of carbonyl (C=O) groups excluding carboxylic acids is 3. The maximum absolute atomic E-state index is 12.0. The Bertz CT molecular complexity index is 4560. The number of amides is 2. The summed E-state index contributed by atoms with van der Waals surface area (Å²) in [5.41, 5.74) is 21.2. The van der Waals surface area contributed by atoms with E-state index in [0.717, 1.165) is 68.5 Å². The van der Waals surface area contributed by atoms with Crippen molar-refractivity contribution in [1.82, 2.24) is 19.6 Å². The molecule has 0 spiro atoms. The number of anilines is 3. The standard InChI is InChI=1S/C19H20BN5O4.C15H20BBrO3.C13H26B2O4.C10H13N5O2.C9H8BBrO2.C8H7BrO2.Ir.H8P6.3Y/c1-11-7-20(27)29-17-3-2-13(6-14(11)17)23-19-15(18(22)26)9-25(24-19)16-10-28-5-4-12(16)8-21;1-10(12-8-11(17)6-7-13(12)18)9-16-19-14(2,3)15(4,5)20-16;1-10(2)11(3,4)17-14(16-10)9-15-18-12(5,6)13(7,8)19-15;11-3-6-1-2-17-5-8(6)15-4-7(10(13)16)9(12)14-15;1-6-5-10(12)13-9-3-2-7(11)4-8(6)9;1-5(10)7-4-6(9)2-3-8(7)11;;1-3-5-6-4-2;;;/h2-3,6-7,9,12,16,27H,4-5,10H2,1H3,(H2,22,26)(H,23,24);6-9,18H,1-5H3;9H2,1-8H3;4,6,8H,1-2,5H2,(H2,12,14)(H2,13,16);2-5,12H,1H3;2-4,11H,1H3;;3-6H,1-2H2;;;/b;10-9+;;;;;;;;;/t12-,16?;;;6-,8?;;;;;;;/m1..0......./s1. The van der Waals surface area contributed by atoms with Crippen LogP contribution in [0.1, 0.15) is 183 Å². The summed E-state index contributed by atoms with van der Waals surface area (Å²) in [6.45, 7) is 33.5. The number of Topliss-reactive ketones (excluding diaryl/α,β-unsaturated/α-hetero) is 1. The SMILES string of the molecule is C/C(=C\B1OC(C)(C)C(C)(C)O1)c1cc(Br)ccc1O.CC(=O)c1cc(Br)ccc1O.CC1(C)OB(CB2OC(C)(C)C(C)(C)O2)OC1(C)C.CC1=CB(O)Oc2ccc(Br)cc21.CC1=CB(O)Oc2ccc(Nc3nn(C4COCC[C@@H]4C#N)cc3C(N)=O)cc21.N#C[C@@H]1CCOCC1n1cc(C(N)=O)c(N)n1.PPPPPP.[Ir].[Y].[Y].[Y]. The fourth-order valence-electron chi connectivity index (χ4n) is 12.1. The third kappa shape index (κ3) is 31.6. The molecule has 0 saturated carbocycles. The first-order valence-corrected chi connectivity index (χ1v) is 49.7. The number of rotatable bonds is 14. The summed E-state index contributed by atoms with van der Waals surface area (Å²) in [7, 11) is 7.48. The van der Waals surface area contributed by atoms with Gasteiger partial charge >= 0.3 is 35.6 Å². The molecule has 45 heteroatoms. The van der Waals surface area contributed by atoms with Gasteiger partial charge in [0, 0.05) is 186 Å². The third-order valence-electron chi connectivity index (χ3n) is 20.6. The number of nitrogens with zero attached hydrogens (tertiary/aromatic N) is 6. The Labute approximate surface area is 826 Å². The van der Waals surface area contributed by atoms with Crippen LogP contribution in [0.2, 0.25) is 6.22 Å². The minimum absolute atomic E-state index is 0. The number of phenols is 2. The number of phenolic OH excluding ortho intramolecular Hbond substituents is 2. The number of allylic oxidation sites excluding steroid dienone is 3. The molecule has 7 aliphatic rings. The number of ether oxygens (including phenoxy) is 2. The van der Waals surface area contributed by atoms with E-state index in [-0.39, 0.29) is 224 Å². The summed E-state index contributed by atoms with van der Waals surface area (Å²) in [5.74, 6) is 5.34. The third-order valence-corrected chi connectivity index (χ3v) is 38.6. The molecular weight excluding hydrogens is 2240 g/mol. The first-order chi connectivity index (χ1) is 53.8. The zero-order chi connectivity index (χ0) is 85.5. The van der Waals surface area contributed by atoms with Gasteiger partial charge < -0.3 is 89.5 Å². The van der Waals surface area contributed by atoms with Crippen LogP contribution in [-0.4, -0.2) is 153 Å². The largest absolute Gasteiger partial charge is 0.552 e. The molecule has 13 rings (SSSR count). The molecule has 2 amide bonds. The Kier molecular flexibility index (Phi) is 47.2. The topological polar surface area (TPSA) is 398 Å². The van der Waals surface area contributed by atoms with Gasteiger partial charge in [0.05, 0.1) is 88.4 Å². The Morgan fingerprint density at radius 3 is 1.39 bits per heavy atom. The van der Waals surface area contributed by atoms with Crippen molar-refractivity contribution < 1.29 is 200 Å². The maximum atomic E-state index is 12.0. The van der Waals surface area contributed by atoms with E-state index in [1.54, 1.807) is 59.2 Å². The number of primary amides is 2. The van der Waals surface area contributed by atoms with E-state index in [0.29, 0.717) is 68.3 Å². The van der Waals surface area contributed by atoms with Crippen molar-refractivity contribution in [2.45, 2.75) is 176 Å². The minimum Gasteiger partial charge on any atom is -0.532 e. The summed E-state index contributed by atoms with van der Waals surface area (Å²) < 4.78 is 63.0. The summed E-state index contributed by atoms with van der Waals surface area (Å²) in [6, 6.07) is 25.2. The number of hydrogen-bond acceptors (Lipinski definition) is 23. The van der Waals surface area contributed by atoms with Gasteiger partial charge in [-0.2, -0.15) is 20.7 Å². The van der Waals surface area contributed by atoms with E-state index >= 15 is 0 Å². The van der Waals surface area contributed by atoms with Gasteiger partial charge in [-0.3, -0.25) is 23.7 Å². The van der Waals surface area contributed by atoms with E-state index in [2.05, 4.69) is 149 Å². The van der Waals surface area contributed by atoms with E-state index in [9.17, 15) is 34.8 Å². The Balaban J connectivity index is 0.000000370. The van der Waals surface area contributed by atoms with Crippen molar-refractivity contribution in [3.05, 3.63) is 150 Å². The molecular formula is C74H102B5Br3IrN10O17P6Y3. The molecule has 11 N–H and O–H groups in total. The number of nitrogens with two attached hydrogens (primary N) is 3. The monoisotopic (exact) mass is 2340 g/mol. The van der Waals surface area contributed by atoms with Crippen molar-refractivity contribution in [3.63, 3.8) is 0 Å². The van der Waals surface area contributed by atoms with Gasteiger partial charge in [0.1, 0.15) is 34.1 Å². The molecule has 9 heterocycles. The van der Waals surface area contributed by atoms with E-state index in [4.69, 9.17) is 74.3 Å². The summed E-state index contributed by atoms with van der Waals surface area (Å²) >= 11 is 10.0. The van der Waals surface area contributed by atoms with Gasteiger partial charge in [0.25, 0.3) is 11.8 Å². The van der Waals surface area contributed by atoms with Gasteiger partial charge in [0.15, 0.2) is 17.4 Å². The number of aromatic nitrogens is 4. The first-order valence-electron chi connectivity index (χ1n) is 36.7. The normalized spacial score (nSPS) is 20.4. The van der Waals surface area contributed by atoms with Gasteiger partial charge in [-0.05, 0) is 225 Å². The average molecular weight is 2340 g/mol. The summed E-state index contributed by atoms with van der Waals surface area (Å²) in [5, 5.41) is 68.1. The van der Waals surface area contributed by atoms with Crippen LogP contribution in [0, 0.1) is 34.5 Å². The molecule has 0 bridgehead atoms. The van der Waals surface area contributed by atoms with Crippen LogP contribution in [0.5, 0.6) is 23.0 Å². The van der Waals surface area contributed by atoms with Crippen LogP contribution in [-0.2, 0) is 156 Å². The quantitative estimate of drug-likeness (QED) is 0.0217. The van der Waals surface area contributed by atoms with E-state index in [1.165, 1.54) is 39.8 Å². The Morgan fingerprint density at radius 1 is 0.597 bits per heavy atom. The molecule has 4 aromatic carbocycles. The van der Waals surface area contributed by atoms with Gasteiger partial charge in [-0.25, -0.2) is 0 Å². The van der Waals surface area contributed by atoms with Crippen molar-refractivity contribution in [1.29, 1.82) is 10.5 Å². The second-order valence-electron chi connectivity index (χ2n) is 30.5. The zero-order valence-electron chi connectivity index (χ0n) is 69.3. The number of ketones is 1. The number of carbonyl (C=O) groups is 3. The smallest absolute Gasteiger partial charge is 0.532 e. The molecule has 7 aliphatic heterocycles. The molecule has 634 valence electrons. The number of fused-ring (bicyclic) bond motifs is 2. The maximum Gasteiger partial charge on any atom is 0.552 e. The number of nitriles is 2. The zero-order valence-corrected chi connectivity index (χ0v) is 91.3. The van der Waals surface area contributed by atoms with Crippen LogP contribution in [0.4, 0.5) is 17.3 Å². The molecule has 6 aromatic rings. The van der Waals surface area contributed by atoms with Gasteiger partial charge in [0.2, 0.25) is 0 Å². The molecule has 119 heavy (non-hydrogen) atoms. The van der Waals surface area contributed by atoms with Gasteiger partial charge in [-0.15, -0.1) is 17.9 Å². The van der Waals surface area contributed by atoms with Crippen molar-refractivity contribution in [2.75, 3.05) is 37.5 Å². The van der Waals surface area contributed by atoms with Crippen LogP contribution >= 0.6 is 97.5 Å². The number of nitrogen functional groups attached to an aromatic ring is 1. The van der Waals surface area contributed by atoms with Gasteiger partial charge in [-0.1, -0.05) is 85.6 Å². The summed E-state index contributed by atoms with van der Waals surface area (Å²) in [6.07, 6.45) is 4.88. The summed E-state index contributed by atoms with van der Waals surface area (Å²) in [4.78, 5) is 33.9. The predicted molar refractivity (Wildman–Crippen MR) is 482 cm³/mol. The second-order valence-corrected chi connectivity index (χ2v) is 47.3. The fraction of sp³-hybridized carbons (Fsp3) is 0.446. The Morgan fingerprint density at radius 2 is 0.983 bits per heavy atom. The van der Waals surface area contributed by atoms with Crippen LogP contribution in [0.3, 0.4) is 0 Å². The van der Waals surface area contributed by atoms with Crippen LogP contribution < -0.4 is 31.8 Å². The number of aromatic hydroxyl groups is 2. The molecule has 5 saturated heterocycles. The number of hydrogen-bond donors (Lipinski definition) is 8. The van der Waals surface area contributed by atoms with Crippen molar-refractivity contribution in [2.24, 2.45) is 23.3 Å². The molecule has 2 aromatic heterocycles. The second kappa shape index (κ2) is 50.1.